The van der Waals surface area contributed by atoms with Crippen molar-refractivity contribution in [1.82, 2.24) is 14.7 Å². The summed E-state index contributed by atoms with van der Waals surface area (Å²) >= 11 is 0. The number of carbonyl (C=O) groups is 2. The first-order valence-electron chi connectivity index (χ1n) is 6.04. The summed E-state index contributed by atoms with van der Waals surface area (Å²) < 4.78 is 1.61. The molecule has 0 aromatic carbocycles. The minimum atomic E-state index is -1.34. The third-order valence-electron chi connectivity index (χ3n) is 2.94. The topological polar surface area (TPSA) is 104 Å². The lowest BCUT2D eigenvalue weighted by Crippen LogP contribution is -2.43. The van der Waals surface area contributed by atoms with Crippen LogP contribution in [-0.2, 0) is 4.79 Å². The molecule has 1 unspecified atom stereocenters. The monoisotopic (exact) mass is 277 g/mol. The van der Waals surface area contributed by atoms with Crippen LogP contribution in [-0.4, -0.2) is 44.1 Å². The predicted molar refractivity (Wildman–Crippen MR) is 70.6 cm³/mol. The Morgan fingerprint density at radius 1 is 1.40 bits per heavy atom. The van der Waals surface area contributed by atoms with Gasteiger partial charge < -0.3 is 15.5 Å². The number of hydrogen-bond acceptors (Lipinski definition) is 4. The lowest BCUT2D eigenvalue weighted by atomic mass is 10.2. The lowest BCUT2D eigenvalue weighted by molar-refractivity contribution is -0.140. The number of nitrogens with zero attached hydrogens (tertiary/aromatic N) is 2. The van der Waals surface area contributed by atoms with E-state index in [9.17, 15) is 9.59 Å². The second-order valence-electron chi connectivity index (χ2n) is 4.53. The van der Waals surface area contributed by atoms with E-state index < -0.39 is 24.5 Å². The van der Waals surface area contributed by atoms with Crippen molar-refractivity contribution in [3.05, 3.63) is 35.3 Å². The third-order valence-corrected chi connectivity index (χ3v) is 2.94. The molecule has 2 aromatic rings. The zero-order valence-electron chi connectivity index (χ0n) is 11.1. The molecule has 106 valence electrons. The Hall–Kier alpha value is -2.41. The predicted octanol–water partition coefficient (Wildman–Crippen LogP) is 0.126. The number of aryl methyl sites for hydroxylation is 2. The van der Waals surface area contributed by atoms with Gasteiger partial charge in [0, 0.05) is 6.20 Å². The molecule has 0 saturated carbocycles. The van der Waals surface area contributed by atoms with Crippen molar-refractivity contribution < 1.29 is 19.8 Å². The normalized spacial score (nSPS) is 12.3. The van der Waals surface area contributed by atoms with E-state index in [1.165, 1.54) is 0 Å². The number of pyridine rings is 1. The van der Waals surface area contributed by atoms with Crippen LogP contribution in [0.25, 0.3) is 5.65 Å². The van der Waals surface area contributed by atoms with Crippen molar-refractivity contribution in [2.24, 2.45) is 0 Å². The number of nitrogens with one attached hydrogen (secondary N) is 1. The molecule has 0 aliphatic carbocycles. The third kappa shape index (κ3) is 2.48. The number of amides is 1. The first-order valence-corrected chi connectivity index (χ1v) is 6.04. The van der Waals surface area contributed by atoms with Gasteiger partial charge >= 0.3 is 5.97 Å². The Balaban J connectivity index is 2.41. The number of carboxylic acids is 1. The molecule has 0 bridgehead atoms. The van der Waals surface area contributed by atoms with Gasteiger partial charge in [-0.15, -0.1) is 0 Å². The highest BCUT2D eigenvalue weighted by molar-refractivity contribution is 5.97. The van der Waals surface area contributed by atoms with Crippen LogP contribution in [0.1, 0.15) is 21.7 Å². The molecule has 0 saturated heterocycles. The van der Waals surface area contributed by atoms with Gasteiger partial charge in [-0.2, -0.15) is 0 Å². The summed E-state index contributed by atoms with van der Waals surface area (Å²) in [5.41, 5.74) is 2.31. The molecule has 2 heterocycles. The molecule has 0 spiro atoms. The van der Waals surface area contributed by atoms with E-state index >= 15 is 0 Å². The highest BCUT2D eigenvalue weighted by atomic mass is 16.4. The zero-order chi connectivity index (χ0) is 14.9. The number of carbonyl (C=O) groups excluding carboxylic acids is 1. The minimum absolute atomic E-state index is 0.267. The Labute approximate surface area is 114 Å². The smallest absolute Gasteiger partial charge is 0.328 e. The molecule has 1 amide bonds. The Kier molecular flexibility index (Phi) is 3.71. The zero-order valence-corrected chi connectivity index (χ0v) is 11.1. The molecular weight excluding hydrogens is 262 g/mol. The molecule has 0 radical (unpaired) electrons. The van der Waals surface area contributed by atoms with Gasteiger partial charge in [0.2, 0.25) is 0 Å². The summed E-state index contributed by atoms with van der Waals surface area (Å²) in [6.45, 7) is 2.88. The van der Waals surface area contributed by atoms with Gasteiger partial charge in [0.15, 0.2) is 6.04 Å². The average Bonchev–Trinajstić information content (AvgIpc) is 2.70. The fraction of sp³-hybridized carbons (Fsp3) is 0.308. The van der Waals surface area contributed by atoms with E-state index in [1.807, 2.05) is 13.0 Å². The van der Waals surface area contributed by atoms with Gasteiger partial charge in [0.1, 0.15) is 11.3 Å². The van der Waals surface area contributed by atoms with E-state index in [0.29, 0.717) is 11.3 Å². The first-order chi connectivity index (χ1) is 9.43. The van der Waals surface area contributed by atoms with Gasteiger partial charge in [-0.05, 0) is 25.5 Å². The molecule has 7 heteroatoms. The molecule has 20 heavy (non-hydrogen) atoms. The van der Waals surface area contributed by atoms with Crippen LogP contribution < -0.4 is 5.32 Å². The van der Waals surface area contributed by atoms with E-state index in [0.717, 1.165) is 5.56 Å². The average molecular weight is 277 g/mol. The summed E-state index contributed by atoms with van der Waals surface area (Å²) in [7, 11) is 0. The fourth-order valence-electron chi connectivity index (χ4n) is 1.95. The number of hydrogen-bond donors (Lipinski definition) is 3. The number of rotatable bonds is 4. The summed E-state index contributed by atoms with van der Waals surface area (Å²) in [4.78, 5) is 27.3. The maximum absolute atomic E-state index is 12.2. The van der Waals surface area contributed by atoms with Gasteiger partial charge in [-0.1, -0.05) is 6.07 Å². The number of aliphatic hydroxyl groups excluding tert-OH is 1. The summed E-state index contributed by atoms with van der Waals surface area (Å²) in [5.74, 6) is -1.87. The van der Waals surface area contributed by atoms with Crippen molar-refractivity contribution >= 4 is 17.5 Å². The standard InChI is InChI=1S/C13H15N3O4/c1-7-3-4-10-14-8(2)11(16(10)5-7)12(18)15-9(6-17)13(19)20/h3-5,9,17H,6H2,1-2H3,(H,15,18)(H,19,20). The van der Waals surface area contributed by atoms with Crippen molar-refractivity contribution in [3.63, 3.8) is 0 Å². The molecule has 7 nitrogen and oxygen atoms in total. The molecule has 2 aromatic heterocycles. The maximum Gasteiger partial charge on any atom is 0.328 e. The van der Waals surface area contributed by atoms with Crippen LogP contribution >= 0.6 is 0 Å². The Morgan fingerprint density at radius 3 is 2.70 bits per heavy atom. The molecule has 0 fully saturated rings. The molecule has 0 aliphatic rings. The van der Waals surface area contributed by atoms with Crippen LogP contribution in [0.4, 0.5) is 0 Å². The lowest BCUT2D eigenvalue weighted by Gasteiger charge is -2.11. The summed E-state index contributed by atoms with van der Waals surface area (Å²) in [6, 6.07) is 2.31. The summed E-state index contributed by atoms with van der Waals surface area (Å²) in [6.07, 6.45) is 1.75. The first kappa shape index (κ1) is 14.0. The van der Waals surface area contributed by atoms with Crippen LogP contribution in [0.5, 0.6) is 0 Å². The van der Waals surface area contributed by atoms with E-state index in [-0.39, 0.29) is 5.69 Å². The second-order valence-corrected chi connectivity index (χ2v) is 4.53. The molecule has 3 N–H and O–H groups in total. The number of imidazole rings is 1. The highest BCUT2D eigenvalue weighted by Crippen LogP contribution is 2.13. The Morgan fingerprint density at radius 2 is 2.10 bits per heavy atom. The van der Waals surface area contributed by atoms with Crippen LogP contribution in [0.2, 0.25) is 0 Å². The van der Waals surface area contributed by atoms with Crippen molar-refractivity contribution in [3.8, 4) is 0 Å². The van der Waals surface area contributed by atoms with Crippen molar-refractivity contribution in [1.29, 1.82) is 0 Å². The molecule has 1 atom stereocenters. The summed E-state index contributed by atoms with van der Waals surface area (Å²) in [5, 5.41) is 20.1. The van der Waals surface area contributed by atoms with Crippen LogP contribution in [0.3, 0.4) is 0 Å². The Bertz CT molecular complexity index is 678. The van der Waals surface area contributed by atoms with E-state index in [2.05, 4.69) is 10.3 Å². The maximum atomic E-state index is 12.2. The SMILES string of the molecule is Cc1ccc2nc(C)c(C(=O)NC(CO)C(=O)O)n2c1. The number of aliphatic hydroxyl groups is 1. The second kappa shape index (κ2) is 5.30. The van der Waals surface area contributed by atoms with Crippen molar-refractivity contribution in [2.75, 3.05) is 6.61 Å². The largest absolute Gasteiger partial charge is 0.480 e. The number of fused-ring (bicyclic) bond motifs is 1. The fourth-order valence-corrected chi connectivity index (χ4v) is 1.95. The molecule has 0 aliphatic heterocycles. The van der Waals surface area contributed by atoms with E-state index in [4.69, 9.17) is 10.2 Å². The van der Waals surface area contributed by atoms with Gasteiger partial charge in [-0.25, -0.2) is 9.78 Å². The number of aliphatic carboxylic acids is 1. The van der Waals surface area contributed by atoms with E-state index in [1.54, 1.807) is 23.6 Å². The molecular formula is C13H15N3O4. The highest BCUT2D eigenvalue weighted by Gasteiger charge is 2.23. The number of carboxylic acid groups (broad SMARTS) is 1. The van der Waals surface area contributed by atoms with Gasteiger partial charge in [0.05, 0.1) is 12.3 Å². The van der Waals surface area contributed by atoms with Crippen molar-refractivity contribution in [2.45, 2.75) is 19.9 Å². The quantitative estimate of drug-likeness (QED) is 0.736. The molecule has 2 rings (SSSR count). The van der Waals surface area contributed by atoms with Gasteiger partial charge in [0.25, 0.3) is 5.91 Å². The minimum Gasteiger partial charge on any atom is -0.480 e. The van der Waals surface area contributed by atoms with Gasteiger partial charge in [-0.3, -0.25) is 9.20 Å². The van der Waals surface area contributed by atoms with Crippen LogP contribution in [0.15, 0.2) is 18.3 Å². The van der Waals surface area contributed by atoms with Crippen LogP contribution in [0, 0.1) is 13.8 Å². The number of aromatic nitrogens is 2.